The number of rotatable bonds is 3. The molecule has 0 atom stereocenters. The van der Waals surface area contributed by atoms with E-state index in [2.05, 4.69) is 4.98 Å². The first-order valence-corrected chi connectivity index (χ1v) is 9.76. The number of aromatic nitrogens is 4. The molecule has 2 aromatic heterocycles. The summed E-state index contributed by atoms with van der Waals surface area (Å²) in [5, 5.41) is 0.822. The predicted molar refractivity (Wildman–Crippen MR) is 110 cm³/mol. The van der Waals surface area contributed by atoms with Crippen LogP contribution in [0.15, 0.2) is 65.8 Å². The Morgan fingerprint density at radius 2 is 1.35 bits per heavy atom. The van der Waals surface area contributed by atoms with E-state index in [9.17, 15) is 0 Å². The molecule has 2 heterocycles. The highest BCUT2D eigenvalue weighted by atomic mass is 32.2. The second-order valence-electron chi connectivity index (χ2n) is 5.79. The fraction of sp³-hybridized carbons (Fsp3) is 0.100. The molecule has 26 heavy (non-hydrogen) atoms. The maximum absolute atomic E-state index is 5.50. The largest absolute Gasteiger partial charge is 0.307 e. The van der Waals surface area contributed by atoms with Gasteiger partial charge in [0.1, 0.15) is 5.52 Å². The first kappa shape index (κ1) is 16.9. The van der Waals surface area contributed by atoms with Gasteiger partial charge in [-0.05, 0) is 6.26 Å². The van der Waals surface area contributed by atoms with E-state index in [1.54, 1.807) is 11.8 Å². The minimum atomic E-state index is 0.478. The lowest BCUT2D eigenvalue weighted by Crippen LogP contribution is -2.06. The van der Waals surface area contributed by atoms with E-state index < -0.39 is 0 Å². The molecular formula is C20H16N4S2. The van der Waals surface area contributed by atoms with Gasteiger partial charge in [-0.25, -0.2) is 15.0 Å². The molecule has 0 unspecified atom stereocenters. The molecule has 0 aliphatic carbocycles. The van der Waals surface area contributed by atoms with Crippen molar-refractivity contribution in [3.05, 3.63) is 65.3 Å². The van der Waals surface area contributed by atoms with Crippen LogP contribution in [-0.2, 0) is 7.05 Å². The number of thioether (sulfide) groups is 1. The van der Waals surface area contributed by atoms with Crippen LogP contribution in [0.3, 0.4) is 0 Å². The summed E-state index contributed by atoms with van der Waals surface area (Å²) in [7, 11) is 1.95. The van der Waals surface area contributed by atoms with Crippen molar-refractivity contribution in [1.29, 1.82) is 0 Å². The van der Waals surface area contributed by atoms with Crippen LogP contribution in [0.5, 0.6) is 0 Å². The van der Waals surface area contributed by atoms with Gasteiger partial charge in [-0.1, -0.05) is 84.6 Å². The lowest BCUT2D eigenvalue weighted by molar-refractivity contribution is 0.760. The zero-order valence-corrected chi connectivity index (χ0v) is 16.0. The van der Waals surface area contributed by atoms with Crippen molar-refractivity contribution >= 4 is 35.1 Å². The summed E-state index contributed by atoms with van der Waals surface area (Å²) < 4.78 is 2.43. The van der Waals surface area contributed by atoms with Crippen molar-refractivity contribution < 1.29 is 0 Å². The number of aryl methyl sites for hydroxylation is 1. The van der Waals surface area contributed by atoms with Gasteiger partial charge in [0.05, 0.1) is 11.4 Å². The molecule has 0 spiro atoms. The van der Waals surface area contributed by atoms with Crippen LogP contribution >= 0.6 is 24.0 Å². The summed E-state index contributed by atoms with van der Waals surface area (Å²) in [6.07, 6.45) is 1.98. The summed E-state index contributed by atoms with van der Waals surface area (Å²) in [6, 6.07) is 20.2. The normalized spacial score (nSPS) is 11.0. The Bertz CT molecular complexity index is 1140. The summed E-state index contributed by atoms with van der Waals surface area (Å²) in [6.45, 7) is 0. The highest BCUT2D eigenvalue weighted by Gasteiger charge is 2.16. The van der Waals surface area contributed by atoms with Gasteiger partial charge in [0.15, 0.2) is 15.4 Å². The van der Waals surface area contributed by atoms with Crippen molar-refractivity contribution in [3.8, 4) is 22.5 Å². The lowest BCUT2D eigenvalue weighted by atomic mass is 10.0. The molecule has 4 aromatic rings. The number of hydrogen-bond acceptors (Lipinski definition) is 5. The van der Waals surface area contributed by atoms with E-state index >= 15 is 0 Å². The molecule has 2 aromatic carbocycles. The van der Waals surface area contributed by atoms with E-state index in [-0.39, 0.29) is 0 Å². The zero-order chi connectivity index (χ0) is 18.1. The Morgan fingerprint density at radius 1 is 0.808 bits per heavy atom. The summed E-state index contributed by atoms with van der Waals surface area (Å²) >= 11 is 7.04. The standard InChI is InChI=1S/C20H16N4S2/c1-24-18-17(19(25)23-20(24)26-2)21-15(13-9-5-3-6-10-13)16(22-18)14-11-7-4-8-12-14/h3-12H,1-2H3. The van der Waals surface area contributed by atoms with Crippen LogP contribution in [0.2, 0.25) is 0 Å². The second kappa shape index (κ2) is 6.97. The fourth-order valence-electron chi connectivity index (χ4n) is 2.89. The third-order valence-corrected chi connectivity index (χ3v) is 5.17. The number of hydrogen-bond donors (Lipinski definition) is 0. The first-order chi connectivity index (χ1) is 12.7. The predicted octanol–water partition coefficient (Wildman–Crippen LogP) is 5.15. The SMILES string of the molecule is CSc1nc(=S)c2nc(-c3ccccc3)c(-c3ccccc3)nc2n1C. The molecule has 4 rings (SSSR count). The van der Waals surface area contributed by atoms with Crippen molar-refractivity contribution in [2.24, 2.45) is 7.05 Å². The monoisotopic (exact) mass is 376 g/mol. The first-order valence-electron chi connectivity index (χ1n) is 8.12. The van der Waals surface area contributed by atoms with Gasteiger partial charge in [-0.3, -0.25) is 0 Å². The molecule has 0 radical (unpaired) electrons. The van der Waals surface area contributed by atoms with Gasteiger partial charge in [0.2, 0.25) is 0 Å². The average Bonchev–Trinajstić information content (AvgIpc) is 2.71. The van der Waals surface area contributed by atoms with Gasteiger partial charge in [-0.15, -0.1) is 0 Å². The molecule has 0 N–H and O–H groups in total. The highest BCUT2D eigenvalue weighted by molar-refractivity contribution is 7.98. The fourth-order valence-corrected chi connectivity index (χ4v) is 3.71. The van der Waals surface area contributed by atoms with Crippen LogP contribution in [0, 0.1) is 4.64 Å². The van der Waals surface area contributed by atoms with E-state index in [0.717, 1.165) is 33.3 Å². The molecule has 0 bridgehead atoms. The molecule has 0 saturated heterocycles. The van der Waals surface area contributed by atoms with E-state index in [1.165, 1.54) is 0 Å². The summed E-state index contributed by atoms with van der Waals surface area (Å²) in [5.74, 6) is 0. The zero-order valence-electron chi connectivity index (χ0n) is 14.4. The Hall–Kier alpha value is -2.57. The van der Waals surface area contributed by atoms with Crippen LogP contribution in [0.1, 0.15) is 0 Å². The molecule has 0 aliphatic rings. The van der Waals surface area contributed by atoms with Gasteiger partial charge < -0.3 is 4.57 Å². The van der Waals surface area contributed by atoms with Crippen molar-refractivity contribution in [3.63, 3.8) is 0 Å². The molecule has 4 nitrogen and oxygen atoms in total. The maximum atomic E-state index is 5.50. The van der Waals surface area contributed by atoms with Crippen LogP contribution in [0.4, 0.5) is 0 Å². The van der Waals surface area contributed by atoms with Crippen molar-refractivity contribution in [2.75, 3.05) is 6.26 Å². The second-order valence-corrected chi connectivity index (χ2v) is 6.95. The molecular weight excluding hydrogens is 360 g/mol. The van der Waals surface area contributed by atoms with Crippen molar-refractivity contribution in [1.82, 2.24) is 19.5 Å². The third-order valence-electron chi connectivity index (χ3n) is 4.16. The van der Waals surface area contributed by atoms with Crippen LogP contribution < -0.4 is 0 Å². The molecule has 6 heteroatoms. The number of nitrogens with zero attached hydrogens (tertiary/aromatic N) is 4. The van der Waals surface area contributed by atoms with E-state index in [4.69, 9.17) is 22.2 Å². The van der Waals surface area contributed by atoms with Gasteiger partial charge in [0.25, 0.3) is 0 Å². The Balaban J connectivity index is 2.12. The van der Waals surface area contributed by atoms with Crippen LogP contribution in [-0.4, -0.2) is 25.8 Å². The molecule has 0 saturated carbocycles. The number of fused-ring (bicyclic) bond motifs is 1. The molecule has 0 fully saturated rings. The van der Waals surface area contributed by atoms with E-state index in [0.29, 0.717) is 10.2 Å². The van der Waals surface area contributed by atoms with Gasteiger partial charge in [0, 0.05) is 18.2 Å². The highest BCUT2D eigenvalue weighted by Crippen LogP contribution is 2.31. The quantitative estimate of drug-likeness (QED) is 0.281. The smallest absolute Gasteiger partial charge is 0.170 e. The maximum Gasteiger partial charge on any atom is 0.170 e. The Morgan fingerprint density at radius 3 is 1.88 bits per heavy atom. The molecule has 0 amide bonds. The Labute approximate surface area is 161 Å². The topological polar surface area (TPSA) is 43.6 Å². The molecule has 0 aliphatic heterocycles. The third kappa shape index (κ3) is 2.91. The van der Waals surface area contributed by atoms with E-state index in [1.807, 2.05) is 78.5 Å². The van der Waals surface area contributed by atoms with Crippen molar-refractivity contribution in [2.45, 2.75) is 5.16 Å². The number of benzene rings is 2. The average molecular weight is 377 g/mol. The Kier molecular flexibility index (Phi) is 4.53. The van der Waals surface area contributed by atoms with Gasteiger partial charge in [-0.2, -0.15) is 0 Å². The lowest BCUT2D eigenvalue weighted by Gasteiger charge is -2.14. The summed E-state index contributed by atoms with van der Waals surface area (Å²) in [4.78, 5) is 14.4. The van der Waals surface area contributed by atoms with Gasteiger partial charge >= 0.3 is 0 Å². The minimum Gasteiger partial charge on any atom is -0.307 e. The minimum absolute atomic E-state index is 0.478. The molecule has 128 valence electrons. The van der Waals surface area contributed by atoms with Crippen LogP contribution in [0.25, 0.3) is 33.7 Å². The summed E-state index contributed by atoms with van der Waals surface area (Å²) in [5.41, 5.74) is 5.08.